The normalized spacial score (nSPS) is 23.2. The van der Waals surface area contributed by atoms with Gasteiger partial charge in [0.25, 0.3) is 0 Å². The third-order valence-corrected chi connectivity index (χ3v) is 6.60. The molecule has 1 saturated carbocycles. The molecule has 0 spiro atoms. The van der Waals surface area contributed by atoms with Crippen molar-refractivity contribution in [2.24, 2.45) is 0 Å². The highest BCUT2D eigenvalue weighted by Gasteiger charge is 2.36. The standard InChI is InChI=1S/C7H13Cl3Si/c8-11(9,10)7-5-3-1-2-4-6-7/h7H,1-6H2. The second kappa shape index (κ2) is 4.36. The summed E-state index contributed by atoms with van der Waals surface area (Å²) in [6.07, 6.45) is 7.44. The van der Waals surface area contributed by atoms with E-state index in [1.807, 2.05) is 0 Å². The molecule has 1 aliphatic carbocycles. The Hall–Kier alpha value is 1.09. The molecule has 1 aliphatic rings. The molecule has 0 heterocycles. The Balaban J connectivity index is 2.43. The summed E-state index contributed by atoms with van der Waals surface area (Å²) in [5.74, 6) is 0. The van der Waals surface area contributed by atoms with Gasteiger partial charge in [0, 0.05) is 0 Å². The summed E-state index contributed by atoms with van der Waals surface area (Å²) in [4.78, 5) is 0. The van der Waals surface area contributed by atoms with Crippen LogP contribution in [-0.4, -0.2) is 6.00 Å². The Kier molecular flexibility index (Phi) is 4.03. The van der Waals surface area contributed by atoms with Crippen LogP contribution in [0.3, 0.4) is 0 Å². The van der Waals surface area contributed by atoms with Crippen LogP contribution in [0.25, 0.3) is 0 Å². The van der Waals surface area contributed by atoms with Crippen molar-refractivity contribution in [1.82, 2.24) is 0 Å². The van der Waals surface area contributed by atoms with Crippen molar-refractivity contribution in [2.45, 2.75) is 44.1 Å². The van der Waals surface area contributed by atoms with E-state index in [9.17, 15) is 0 Å². The summed E-state index contributed by atoms with van der Waals surface area (Å²) in [6.45, 7) is 0. The van der Waals surface area contributed by atoms with Crippen LogP contribution in [-0.2, 0) is 0 Å². The van der Waals surface area contributed by atoms with Crippen molar-refractivity contribution in [3.8, 4) is 0 Å². The maximum atomic E-state index is 5.95. The average molecular weight is 232 g/mol. The minimum atomic E-state index is -2.37. The molecule has 0 radical (unpaired) electrons. The predicted molar refractivity (Wildman–Crippen MR) is 54.8 cm³/mol. The van der Waals surface area contributed by atoms with E-state index < -0.39 is 6.00 Å². The molecule has 0 aromatic heterocycles. The molecule has 0 N–H and O–H groups in total. The fourth-order valence-electron chi connectivity index (χ4n) is 1.61. The predicted octanol–water partition coefficient (Wildman–Crippen LogP) is 4.37. The molecule has 0 nitrogen and oxygen atoms in total. The number of rotatable bonds is 1. The van der Waals surface area contributed by atoms with Gasteiger partial charge in [-0.25, -0.2) is 0 Å². The highest BCUT2D eigenvalue weighted by molar-refractivity contribution is 7.65. The van der Waals surface area contributed by atoms with Gasteiger partial charge in [-0.15, -0.1) is 33.2 Å². The van der Waals surface area contributed by atoms with Gasteiger partial charge in [-0.3, -0.25) is 0 Å². The Morgan fingerprint density at radius 2 is 1.27 bits per heavy atom. The van der Waals surface area contributed by atoms with Crippen LogP contribution in [0.15, 0.2) is 0 Å². The van der Waals surface area contributed by atoms with E-state index in [1.165, 1.54) is 25.7 Å². The van der Waals surface area contributed by atoms with Crippen LogP contribution < -0.4 is 0 Å². The lowest BCUT2D eigenvalue weighted by Crippen LogP contribution is -2.18. The van der Waals surface area contributed by atoms with Crippen molar-refractivity contribution >= 4 is 39.2 Å². The first kappa shape index (κ1) is 10.2. The van der Waals surface area contributed by atoms with Crippen LogP contribution >= 0.6 is 33.2 Å². The summed E-state index contributed by atoms with van der Waals surface area (Å²) < 4.78 is 0. The van der Waals surface area contributed by atoms with Crippen LogP contribution in [0.5, 0.6) is 0 Å². The maximum absolute atomic E-state index is 5.95. The Bertz CT molecular complexity index is 113. The van der Waals surface area contributed by atoms with Crippen molar-refractivity contribution in [2.75, 3.05) is 0 Å². The lowest BCUT2D eigenvalue weighted by Gasteiger charge is -2.19. The van der Waals surface area contributed by atoms with Crippen LogP contribution in [0.1, 0.15) is 38.5 Å². The van der Waals surface area contributed by atoms with Crippen molar-refractivity contribution in [3.05, 3.63) is 0 Å². The topological polar surface area (TPSA) is 0 Å². The Labute approximate surface area is 83.3 Å². The SMILES string of the molecule is Cl[Si](Cl)(Cl)C1CCCCCC1. The second-order valence-electron chi connectivity index (χ2n) is 3.23. The van der Waals surface area contributed by atoms with E-state index in [-0.39, 0.29) is 0 Å². The van der Waals surface area contributed by atoms with Gasteiger partial charge in [0.1, 0.15) is 0 Å². The maximum Gasteiger partial charge on any atom is 0.344 e. The highest BCUT2D eigenvalue weighted by atomic mass is 35.8. The van der Waals surface area contributed by atoms with Crippen molar-refractivity contribution < 1.29 is 0 Å². The first-order valence-electron chi connectivity index (χ1n) is 4.17. The van der Waals surface area contributed by atoms with Gasteiger partial charge in [0.05, 0.1) is 0 Å². The first-order chi connectivity index (χ1) is 5.11. The zero-order valence-corrected chi connectivity index (χ0v) is 9.72. The smallest absolute Gasteiger partial charge is 0.126 e. The van der Waals surface area contributed by atoms with Crippen molar-refractivity contribution in [1.29, 1.82) is 0 Å². The van der Waals surface area contributed by atoms with Gasteiger partial charge >= 0.3 is 6.00 Å². The van der Waals surface area contributed by atoms with E-state index in [4.69, 9.17) is 33.2 Å². The fourth-order valence-corrected chi connectivity index (χ4v) is 4.63. The number of hydrogen-bond donors (Lipinski definition) is 0. The summed E-state index contributed by atoms with van der Waals surface area (Å²) in [5.41, 5.74) is 0.426. The fraction of sp³-hybridized carbons (Fsp3) is 1.00. The zero-order chi connectivity index (χ0) is 8.32. The molecule has 0 aliphatic heterocycles. The Morgan fingerprint density at radius 3 is 1.64 bits per heavy atom. The van der Waals surface area contributed by atoms with Gasteiger partial charge < -0.3 is 0 Å². The lowest BCUT2D eigenvalue weighted by molar-refractivity contribution is 0.692. The molecule has 11 heavy (non-hydrogen) atoms. The van der Waals surface area contributed by atoms with Crippen LogP contribution in [0, 0.1) is 0 Å². The van der Waals surface area contributed by atoms with Crippen molar-refractivity contribution in [3.63, 3.8) is 0 Å². The zero-order valence-electron chi connectivity index (χ0n) is 6.45. The molecule has 0 aromatic rings. The van der Waals surface area contributed by atoms with Crippen LogP contribution in [0.4, 0.5) is 0 Å². The summed E-state index contributed by atoms with van der Waals surface area (Å²) >= 11 is 17.9. The third kappa shape index (κ3) is 3.54. The Morgan fingerprint density at radius 1 is 0.818 bits per heavy atom. The molecule has 0 amide bonds. The van der Waals surface area contributed by atoms with E-state index in [1.54, 1.807) is 0 Å². The quantitative estimate of drug-likeness (QED) is 0.357. The molecule has 1 fully saturated rings. The molecule has 1 rings (SSSR count). The van der Waals surface area contributed by atoms with E-state index in [0.29, 0.717) is 5.54 Å². The monoisotopic (exact) mass is 230 g/mol. The van der Waals surface area contributed by atoms with Gasteiger partial charge in [-0.05, 0) is 18.4 Å². The van der Waals surface area contributed by atoms with E-state index >= 15 is 0 Å². The number of hydrogen-bond acceptors (Lipinski definition) is 0. The van der Waals surface area contributed by atoms with E-state index in [2.05, 4.69) is 0 Å². The molecule has 0 bridgehead atoms. The molecular weight excluding hydrogens is 219 g/mol. The third-order valence-electron chi connectivity index (χ3n) is 2.32. The van der Waals surface area contributed by atoms with Gasteiger partial charge in [-0.2, -0.15) is 0 Å². The molecule has 4 heteroatoms. The summed E-state index contributed by atoms with van der Waals surface area (Å²) in [7, 11) is 0. The van der Waals surface area contributed by atoms with Crippen LogP contribution in [0.2, 0.25) is 5.54 Å². The minimum absolute atomic E-state index is 0.426. The second-order valence-corrected chi connectivity index (χ2v) is 12.2. The molecule has 66 valence electrons. The first-order valence-corrected chi connectivity index (χ1v) is 9.29. The molecule has 0 saturated heterocycles. The average Bonchev–Trinajstić information content (AvgIpc) is 2.10. The molecule has 0 aromatic carbocycles. The lowest BCUT2D eigenvalue weighted by atomic mass is 10.2. The summed E-state index contributed by atoms with van der Waals surface area (Å²) in [6, 6.07) is -2.37. The summed E-state index contributed by atoms with van der Waals surface area (Å²) in [5, 5.41) is 0. The largest absolute Gasteiger partial charge is 0.344 e. The minimum Gasteiger partial charge on any atom is -0.126 e. The highest BCUT2D eigenvalue weighted by Crippen LogP contribution is 2.42. The molecular formula is C7H13Cl3Si. The van der Waals surface area contributed by atoms with Gasteiger partial charge in [-0.1, -0.05) is 25.7 Å². The molecule has 0 unspecified atom stereocenters. The van der Waals surface area contributed by atoms with Gasteiger partial charge in [0.2, 0.25) is 0 Å². The number of halogens is 3. The van der Waals surface area contributed by atoms with Gasteiger partial charge in [0.15, 0.2) is 0 Å². The van der Waals surface area contributed by atoms with E-state index in [0.717, 1.165) is 12.8 Å². The molecule has 0 atom stereocenters.